The lowest BCUT2D eigenvalue weighted by atomic mass is 10.2. The summed E-state index contributed by atoms with van der Waals surface area (Å²) in [5, 5.41) is 6.68. The van der Waals surface area contributed by atoms with Gasteiger partial charge in [-0.1, -0.05) is 31.5 Å². The first-order valence-electron chi connectivity index (χ1n) is 9.28. The number of unbranched alkanes of at least 4 members (excludes halogenated alkanes) is 1. The first-order valence-corrected chi connectivity index (χ1v) is 9.28. The van der Waals surface area contributed by atoms with Crippen LogP contribution in [0, 0.1) is 0 Å². The average Bonchev–Trinajstić information content (AvgIpc) is 2.66. The number of aliphatic imine (C=N–C) groups is 1. The van der Waals surface area contributed by atoms with Crippen molar-refractivity contribution >= 4 is 29.9 Å². The molecule has 1 heterocycles. The van der Waals surface area contributed by atoms with Gasteiger partial charge < -0.3 is 20.1 Å². The SMILES string of the molecule is CCCCNC(=NC)NCc1ccccc1OCCN1CCOCC1.I. The fourth-order valence-electron chi connectivity index (χ4n) is 2.68. The Morgan fingerprint density at radius 3 is 2.73 bits per heavy atom. The van der Waals surface area contributed by atoms with Crippen molar-refractivity contribution in [3.8, 4) is 5.75 Å². The number of benzene rings is 1. The minimum absolute atomic E-state index is 0. The molecule has 1 aromatic carbocycles. The third-order valence-corrected chi connectivity index (χ3v) is 4.23. The van der Waals surface area contributed by atoms with E-state index in [1.165, 1.54) is 6.42 Å². The van der Waals surface area contributed by atoms with Crippen LogP contribution in [0.2, 0.25) is 0 Å². The lowest BCUT2D eigenvalue weighted by Crippen LogP contribution is -2.38. The standard InChI is InChI=1S/C19H32N4O2.HI/c1-3-4-9-21-19(20-2)22-16-17-7-5-6-8-18(17)25-15-12-23-10-13-24-14-11-23;/h5-8H,3-4,9-16H2,1-2H3,(H2,20,21,22);1H. The molecule has 1 aromatic rings. The molecular formula is C19H33IN4O2. The van der Waals surface area contributed by atoms with Gasteiger partial charge in [-0.05, 0) is 12.5 Å². The van der Waals surface area contributed by atoms with Gasteiger partial charge in [-0.2, -0.15) is 0 Å². The van der Waals surface area contributed by atoms with Crippen molar-refractivity contribution in [2.75, 3.05) is 53.0 Å². The molecule has 26 heavy (non-hydrogen) atoms. The number of para-hydroxylation sites is 1. The molecule has 1 fully saturated rings. The van der Waals surface area contributed by atoms with Crippen LogP contribution in [0.25, 0.3) is 0 Å². The predicted molar refractivity (Wildman–Crippen MR) is 118 cm³/mol. The molecule has 0 amide bonds. The molecular weight excluding hydrogens is 443 g/mol. The van der Waals surface area contributed by atoms with Crippen molar-refractivity contribution in [3.63, 3.8) is 0 Å². The number of hydrogen-bond acceptors (Lipinski definition) is 4. The Labute approximate surface area is 174 Å². The molecule has 1 aliphatic rings. The maximum Gasteiger partial charge on any atom is 0.191 e. The summed E-state index contributed by atoms with van der Waals surface area (Å²) in [7, 11) is 1.80. The topological polar surface area (TPSA) is 58.1 Å². The Balaban J connectivity index is 0.00000338. The Kier molecular flexibility index (Phi) is 12.4. The van der Waals surface area contributed by atoms with E-state index in [0.717, 1.165) is 63.1 Å². The third kappa shape index (κ3) is 8.55. The number of morpholine rings is 1. The van der Waals surface area contributed by atoms with Crippen molar-refractivity contribution in [1.82, 2.24) is 15.5 Å². The predicted octanol–water partition coefficient (Wildman–Crippen LogP) is 2.48. The zero-order valence-corrected chi connectivity index (χ0v) is 18.3. The number of nitrogens with zero attached hydrogens (tertiary/aromatic N) is 2. The number of halogens is 1. The Morgan fingerprint density at radius 2 is 2.00 bits per heavy atom. The first-order chi connectivity index (χ1) is 12.3. The average molecular weight is 476 g/mol. The smallest absolute Gasteiger partial charge is 0.191 e. The molecule has 6 nitrogen and oxygen atoms in total. The van der Waals surface area contributed by atoms with Gasteiger partial charge in [0.2, 0.25) is 0 Å². The fourth-order valence-corrected chi connectivity index (χ4v) is 2.68. The van der Waals surface area contributed by atoms with Gasteiger partial charge in [-0.3, -0.25) is 9.89 Å². The Morgan fingerprint density at radius 1 is 1.23 bits per heavy atom. The van der Waals surface area contributed by atoms with E-state index in [9.17, 15) is 0 Å². The second-order valence-electron chi connectivity index (χ2n) is 6.12. The zero-order valence-electron chi connectivity index (χ0n) is 16.0. The second kappa shape index (κ2) is 14.1. The minimum atomic E-state index is 0. The molecule has 0 radical (unpaired) electrons. The van der Waals surface area contributed by atoms with E-state index in [0.29, 0.717) is 13.2 Å². The van der Waals surface area contributed by atoms with Crippen molar-refractivity contribution in [1.29, 1.82) is 0 Å². The van der Waals surface area contributed by atoms with E-state index in [1.54, 1.807) is 7.05 Å². The highest BCUT2D eigenvalue weighted by Crippen LogP contribution is 2.17. The van der Waals surface area contributed by atoms with Gasteiger partial charge in [0.15, 0.2) is 5.96 Å². The largest absolute Gasteiger partial charge is 0.492 e. The third-order valence-electron chi connectivity index (χ3n) is 4.23. The zero-order chi connectivity index (χ0) is 17.7. The van der Waals surface area contributed by atoms with Gasteiger partial charge in [-0.15, -0.1) is 24.0 Å². The summed E-state index contributed by atoms with van der Waals surface area (Å²) in [4.78, 5) is 6.64. The Bertz CT molecular complexity index is 522. The van der Waals surface area contributed by atoms with Crippen LogP contribution < -0.4 is 15.4 Å². The molecule has 0 spiro atoms. The van der Waals surface area contributed by atoms with Crippen LogP contribution in [0.4, 0.5) is 0 Å². The van der Waals surface area contributed by atoms with Crippen LogP contribution in [0.5, 0.6) is 5.75 Å². The summed E-state index contributed by atoms with van der Waals surface area (Å²) < 4.78 is 11.4. The second-order valence-corrected chi connectivity index (χ2v) is 6.12. The molecule has 0 bridgehead atoms. The number of ether oxygens (including phenoxy) is 2. The monoisotopic (exact) mass is 476 g/mol. The lowest BCUT2D eigenvalue weighted by molar-refractivity contribution is 0.0322. The van der Waals surface area contributed by atoms with E-state index < -0.39 is 0 Å². The van der Waals surface area contributed by atoms with Gasteiger partial charge in [0.05, 0.1) is 13.2 Å². The maximum absolute atomic E-state index is 6.02. The molecule has 7 heteroatoms. The molecule has 0 aromatic heterocycles. The molecule has 148 valence electrons. The molecule has 0 saturated carbocycles. The van der Waals surface area contributed by atoms with Gasteiger partial charge in [0.1, 0.15) is 12.4 Å². The van der Waals surface area contributed by atoms with Gasteiger partial charge in [-0.25, -0.2) is 0 Å². The first kappa shape index (κ1) is 23.0. The van der Waals surface area contributed by atoms with Crippen LogP contribution in [-0.2, 0) is 11.3 Å². The summed E-state index contributed by atoms with van der Waals surface area (Å²) in [5.74, 6) is 1.77. The molecule has 0 atom stereocenters. The summed E-state index contributed by atoms with van der Waals surface area (Å²) in [5.41, 5.74) is 1.14. The van der Waals surface area contributed by atoms with Crippen molar-refractivity contribution in [3.05, 3.63) is 29.8 Å². The summed E-state index contributed by atoms with van der Waals surface area (Å²) in [6.07, 6.45) is 2.31. The van der Waals surface area contributed by atoms with Crippen molar-refractivity contribution in [2.45, 2.75) is 26.3 Å². The summed E-state index contributed by atoms with van der Waals surface area (Å²) >= 11 is 0. The molecule has 1 saturated heterocycles. The highest BCUT2D eigenvalue weighted by atomic mass is 127. The minimum Gasteiger partial charge on any atom is -0.492 e. The number of guanidine groups is 1. The van der Waals surface area contributed by atoms with Crippen LogP contribution in [0.1, 0.15) is 25.3 Å². The van der Waals surface area contributed by atoms with E-state index in [-0.39, 0.29) is 24.0 Å². The number of hydrogen-bond donors (Lipinski definition) is 2. The number of nitrogens with one attached hydrogen (secondary N) is 2. The molecule has 2 N–H and O–H groups in total. The normalized spacial score (nSPS) is 15.2. The van der Waals surface area contributed by atoms with Crippen LogP contribution in [0.3, 0.4) is 0 Å². The van der Waals surface area contributed by atoms with Gasteiger partial charge in [0.25, 0.3) is 0 Å². The van der Waals surface area contributed by atoms with Crippen molar-refractivity contribution in [2.24, 2.45) is 4.99 Å². The molecule has 1 aliphatic heterocycles. The lowest BCUT2D eigenvalue weighted by Gasteiger charge is -2.26. The summed E-state index contributed by atoms with van der Waals surface area (Å²) in [6.45, 7) is 9.08. The fraction of sp³-hybridized carbons (Fsp3) is 0.632. The van der Waals surface area contributed by atoms with Crippen LogP contribution in [0.15, 0.2) is 29.3 Å². The highest BCUT2D eigenvalue weighted by molar-refractivity contribution is 14.0. The summed E-state index contributed by atoms with van der Waals surface area (Å²) in [6, 6.07) is 8.18. The van der Waals surface area contributed by atoms with E-state index in [1.807, 2.05) is 18.2 Å². The van der Waals surface area contributed by atoms with Gasteiger partial charge >= 0.3 is 0 Å². The van der Waals surface area contributed by atoms with Gasteiger partial charge in [0, 0.05) is 45.3 Å². The van der Waals surface area contributed by atoms with Crippen LogP contribution in [-0.4, -0.2) is 63.9 Å². The quantitative estimate of drug-likeness (QED) is 0.248. The number of rotatable bonds is 9. The van der Waals surface area contributed by atoms with Crippen LogP contribution >= 0.6 is 24.0 Å². The highest BCUT2D eigenvalue weighted by Gasteiger charge is 2.10. The van der Waals surface area contributed by atoms with E-state index in [2.05, 4.69) is 33.5 Å². The van der Waals surface area contributed by atoms with E-state index >= 15 is 0 Å². The maximum atomic E-state index is 6.02. The molecule has 0 aliphatic carbocycles. The molecule has 2 rings (SSSR count). The van der Waals surface area contributed by atoms with Crippen molar-refractivity contribution < 1.29 is 9.47 Å². The Hall–Kier alpha value is -1.06. The molecule has 0 unspecified atom stereocenters. The van der Waals surface area contributed by atoms with E-state index in [4.69, 9.17) is 9.47 Å².